The van der Waals surface area contributed by atoms with Crippen LogP contribution in [-0.4, -0.2) is 47.4 Å². The van der Waals surface area contributed by atoms with Gasteiger partial charge in [0.1, 0.15) is 0 Å². The molecule has 0 bridgehead atoms. The lowest BCUT2D eigenvalue weighted by Crippen LogP contribution is -2.45. The summed E-state index contributed by atoms with van der Waals surface area (Å²) in [6.07, 6.45) is 74.1. The number of rotatable bonds is 63. The van der Waals surface area contributed by atoms with E-state index in [2.05, 4.69) is 19.2 Å². The molecule has 430 valence electrons. The van der Waals surface area contributed by atoms with Crippen LogP contribution in [0.15, 0.2) is 0 Å². The Balaban J connectivity index is 3.39. The van der Waals surface area contributed by atoms with Crippen LogP contribution in [0, 0.1) is 0 Å². The first kappa shape index (κ1) is 70.9. The number of carbonyl (C=O) groups excluding carboxylic acids is 2. The van der Waals surface area contributed by atoms with Crippen LogP contribution >= 0.6 is 0 Å². The number of nitrogens with one attached hydrogen (secondary N) is 1. The van der Waals surface area contributed by atoms with Gasteiger partial charge in [0.05, 0.1) is 25.4 Å². The first-order valence-corrected chi connectivity index (χ1v) is 33.3. The zero-order valence-corrected chi connectivity index (χ0v) is 49.2. The van der Waals surface area contributed by atoms with Gasteiger partial charge in [0.15, 0.2) is 0 Å². The molecule has 0 rings (SSSR count). The van der Waals surface area contributed by atoms with E-state index in [-0.39, 0.29) is 18.5 Å². The number of hydrogen-bond acceptors (Lipinski definition) is 5. The third kappa shape index (κ3) is 58.1. The molecule has 0 saturated carbocycles. The maximum Gasteiger partial charge on any atom is 0.305 e. The number of ether oxygens (including phenoxy) is 1. The Kier molecular flexibility index (Phi) is 61.4. The fourth-order valence-electron chi connectivity index (χ4n) is 10.8. The molecular weight excluding hydrogens is 887 g/mol. The fourth-order valence-corrected chi connectivity index (χ4v) is 10.8. The van der Waals surface area contributed by atoms with Gasteiger partial charge in [-0.2, -0.15) is 0 Å². The van der Waals surface area contributed by atoms with Crippen molar-refractivity contribution in [1.82, 2.24) is 5.32 Å². The molecule has 2 atom stereocenters. The second-order valence-electron chi connectivity index (χ2n) is 23.2. The summed E-state index contributed by atoms with van der Waals surface area (Å²) in [7, 11) is 0. The van der Waals surface area contributed by atoms with Crippen LogP contribution in [0.4, 0.5) is 0 Å². The molecule has 0 aliphatic heterocycles. The summed E-state index contributed by atoms with van der Waals surface area (Å²) in [5, 5.41) is 23.4. The van der Waals surface area contributed by atoms with Crippen LogP contribution < -0.4 is 5.32 Å². The summed E-state index contributed by atoms with van der Waals surface area (Å²) in [5.41, 5.74) is 0. The molecule has 0 aliphatic carbocycles. The highest BCUT2D eigenvalue weighted by Crippen LogP contribution is 2.19. The van der Waals surface area contributed by atoms with Crippen molar-refractivity contribution in [3.8, 4) is 0 Å². The lowest BCUT2D eigenvalue weighted by Gasteiger charge is -2.22. The summed E-state index contributed by atoms with van der Waals surface area (Å²) in [5.74, 6) is -0.0311. The first-order valence-electron chi connectivity index (χ1n) is 33.3. The van der Waals surface area contributed by atoms with Crippen LogP contribution in [0.5, 0.6) is 0 Å². The quantitative estimate of drug-likeness (QED) is 0.0417. The van der Waals surface area contributed by atoms with Crippen LogP contribution in [-0.2, 0) is 14.3 Å². The summed E-state index contributed by atoms with van der Waals surface area (Å²) in [6.45, 7) is 4.98. The molecule has 3 N–H and O–H groups in total. The highest BCUT2D eigenvalue weighted by atomic mass is 16.5. The Morgan fingerprint density at radius 2 is 0.569 bits per heavy atom. The standard InChI is InChI=1S/C66H131NO5/c1-3-5-7-9-11-13-15-17-19-21-23-24-25-26-27-30-34-38-42-46-50-54-58-64(69)63(62-68)67-65(70)59-55-51-47-43-39-35-31-29-33-37-41-45-49-53-57-61-72-66(71)60-56-52-48-44-40-36-32-28-22-20-18-16-14-12-10-8-6-4-2/h63-64,68-69H,3-62H2,1-2H3,(H,67,70). The van der Waals surface area contributed by atoms with Gasteiger partial charge >= 0.3 is 5.97 Å². The Bertz CT molecular complexity index is 1040. The van der Waals surface area contributed by atoms with E-state index in [1.807, 2.05) is 0 Å². The number of aliphatic hydroxyl groups excluding tert-OH is 2. The fraction of sp³-hybridized carbons (Fsp3) is 0.970. The Hall–Kier alpha value is -1.14. The molecule has 0 aromatic heterocycles. The lowest BCUT2D eigenvalue weighted by molar-refractivity contribution is -0.143. The van der Waals surface area contributed by atoms with Gasteiger partial charge in [-0.3, -0.25) is 9.59 Å². The van der Waals surface area contributed by atoms with Crippen molar-refractivity contribution < 1.29 is 24.5 Å². The molecule has 0 radical (unpaired) electrons. The normalized spacial score (nSPS) is 12.4. The largest absolute Gasteiger partial charge is 0.466 e. The summed E-state index contributed by atoms with van der Waals surface area (Å²) in [6, 6.07) is -0.548. The maximum atomic E-state index is 12.5. The molecule has 0 aromatic rings. The van der Waals surface area contributed by atoms with Crippen LogP contribution in [0.25, 0.3) is 0 Å². The van der Waals surface area contributed by atoms with E-state index in [4.69, 9.17) is 4.74 Å². The van der Waals surface area contributed by atoms with E-state index in [1.165, 1.54) is 308 Å². The molecule has 72 heavy (non-hydrogen) atoms. The number of esters is 1. The first-order chi connectivity index (χ1) is 35.5. The second kappa shape index (κ2) is 62.4. The lowest BCUT2D eigenvalue weighted by atomic mass is 10.0. The van der Waals surface area contributed by atoms with Crippen molar-refractivity contribution in [3.63, 3.8) is 0 Å². The zero-order chi connectivity index (χ0) is 52.2. The van der Waals surface area contributed by atoms with Crippen molar-refractivity contribution >= 4 is 11.9 Å². The molecule has 2 unspecified atom stereocenters. The summed E-state index contributed by atoms with van der Waals surface area (Å²) < 4.78 is 5.50. The predicted octanol–water partition coefficient (Wildman–Crippen LogP) is 21.0. The Labute approximate surface area is 451 Å². The Morgan fingerprint density at radius 3 is 0.847 bits per heavy atom. The molecule has 6 nitrogen and oxygen atoms in total. The van der Waals surface area contributed by atoms with Gasteiger partial charge in [0.25, 0.3) is 0 Å². The topological polar surface area (TPSA) is 95.9 Å². The minimum atomic E-state index is -0.670. The van der Waals surface area contributed by atoms with Gasteiger partial charge in [-0.1, -0.05) is 348 Å². The number of unbranched alkanes of at least 4 members (excludes halogenated alkanes) is 52. The third-order valence-electron chi connectivity index (χ3n) is 15.9. The molecule has 0 saturated heterocycles. The van der Waals surface area contributed by atoms with E-state index < -0.39 is 12.1 Å². The van der Waals surface area contributed by atoms with E-state index in [9.17, 15) is 19.8 Å². The van der Waals surface area contributed by atoms with Crippen molar-refractivity contribution in [3.05, 3.63) is 0 Å². The second-order valence-corrected chi connectivity index (χ2v) is 23.2. The van der Waals surface area contributed by atoms with Gasteiger partial charge < -0.3 is 20.3 Å². The number of hydrogen-bond donors (Lipinski definition) is 3. The van der Waals surface area contributed by atoms with Crippen molar-refractivity contribution in [1.29, 1.82) is 0 Å². The molecule has 0 spiro atoms. The molecule has 0 fully saturated rings. The van der Waals surface area contributed by atoms with E-state index in [0.717, 1.165) is 44.9 Å². The van der Waals surface area contributed by atoms with Crippen molar-refractivity contribution in [2.24, 2.45) is 0 Å². The number of amides is 1. The van der Waals surface area contributed by atoms with E-state index in [0.29, 0.717) is 25.9 Å². The maximum absolute atomic E-state index is 12.5. The third-order valence-corrected chi connectivity index (χ3v) is 15.9. The Morgan fingerprint density at radius 1 is 0.333 bits per heavy atom. The average molecular weight is 1020 g/mol. The SMILES string of the molecule is CCCCCCCCCCCCCCCCCCCCCCCCC(O)C(CO)NC(=O)CCCCCCCCCCCCCCCCCOC(=O)CCCCCCCCCCCCCCCCCCCC. The number of aliphatic hydroxyl groups is 2. The van der Waals surface area contributed by atoms with Crippen molar-refractivity contribution in [2.75, 3.05) is 13.2 Å². The molecular formula is C66H131NO5. The minimum Gasteiger partial charge on any atom is -0.466 e. The van der Waals surface area contributed by atoms with Crippen LogP contribution in [0.3, 0.4) is 0 Å². The minimum absolute atomic E-state index is 0.00684. The van der Waals surface area contributed by atoms with Gasteiger partial charge in [0.2, 0.25) is 5.91 Å². The molecule has 0 heterocycles. The van der Waals surface area contributed by atoms with Gasteiger partial charge in [0, 0.05) is 12.8 Å². The van der Waals surface area contributed by atoms with E-state index in [1.54, 1.807) is 0 Å². The smallest absolute Gasteiger partial charge is 0.305 e. The molecule has 1 amide bonds. The van der Waals surface area contributed by atoms with Gasteiger partial charge in [-0.05, 0) is 25.7 Å². The zero-order valence-electron chi connectivity index (χ0n) is 49.2. The van der Waals surface area contributed by atoms with E-state index >= 15 is 0 Å². The summed E-state index contributed by atoms with van der Waals surface area (Å²) >= 11 is 0. The van der Waals surface area contributed by atoms with Crippen molar-refractivity contribution in [2.45, 2.75) is 398 Å². The van der Waals surface area contributed by atoms with Gasteiger partial charge in [-0.15, -0.1) is 0 Å². The summed E-state index contributed by atoms with van der Waals surface area (Å²) in [4.78, 5) is 24.6. The van der Waals surface area contributed by atoms with Gasteiger partial charge in [-0.25, -0.2) is 0 Å². The highest BCUT2D eigenvalue weighted by Gasteiger charge is 2.20. The van der Waals surface area contributed by atoms with Crippen LogP contribution in [0.2, 0.25) is 0 Å². The molecule has 0 aliphatic rings. The average Bonchev–Trinajstić information content (AvgIpc) is 3.38. The predicted molar refractivity (Wildman–Crippen MR) is 315 cm³/mol. The van der Waals surface area contributed by atoms with Crippen LogP contribution in [0.1, 0.15) is 386 Å². The molecule has 0 aromatic carbocycles. The number of carbonyl (C=O) groups is 2. The monoisotopic (exact) mass is 1020 g/mol. The molecule has 6 heteroatoms. The highest BCUT2D eigenvalue weighted by molar-refractivity contribution is 5.76.